The van der Waals surface area contributed by atoms with Crippen molar-refractivity contribution in [1.82, 2.24) is 5.32 Å². The number of nitrogens with one attached hydrogen (secondary N) is 1. The zero-order valence-electron chi connectivity index (χ0n) is 14.9. The van der Waals surface area contributed by atoms with Crippen LogP contribution in [0.2, 0.25) is 0 Å². The predicted molar refractivity (Wildman–Crippen MR) is 91.7 cm³/mol. The lowest BCUT2D eigenvalue weighted by Gasteiger charge is -2.17. The quantitative estimate of drug-likeness (QED) is 0.714. The minimum atomic E-state index is -0.129. The molecular formula is C18H29NO4. The summed E-state index contributed by atoms with van der Waals surface area (Å²) in [6.07, 6.45) is 0.944. The van der Waals surface area contributed by atoms with Crippen molar-refractivity contribution in [3.05, 3.63) is 17.7 Å². The van der Waals surface area contributed by atoms with Crippen LogP contribution in [0.1, 0.15) is 51.4 Å². The molecule has 5 nitrogen and oxygen atoms in total. The van der Waals surface area contributed by atoms with Gasteiger partial charge in [-0.15, -0.1) is 0 Å². The lowest BCUT2D eigenvalue weighted by atomic mass is 10.1. The number of ether oxygens (including phenoxy) is 3. The van der Waals surface area contributed by atoms with Gasteiger partial charge in [-0.1, -0.05) is 13.8 Å². The van der Waals surface area contributed by atoms with Crippen LogP contribution in [0.3, 0.4) is 0 Å². The molecule has 0 aliphatic carbocycles. The highest BCUT2D eigenvalue weighted by atomic mass is 16.5. The first-order valence-electron chi connectivity index (χ1n) is 8.38. The molecule has 130 valence electrons. The van der Waals surface area contributed by atoms with Crippen molar-refractivity contribution in [2.24, 2.45) is 5.92 Å². The summed E-state index contributed by atoms with van der Waals surface area (Å²) >= 11 is 0. The average molecular weight is 323 g/mol. The van der Waals surface area contributed by atoms with Gasteiger partial charge in [-0.2, -0.15) is 0 Å². The first-order valence-corrected chi connectivity index (χ1v) is 8.38. The number of rotatable bonds is 10. The van der Waals surface area contributed by atoms with Crippen LogP contribution < -0.4 is 19.5 Å². The normalized spacial score (nSPS) is 10.5. The summed E-state index contributed by atoms with van der Waals surface area (Å²) in [6.45, 7) is 12.1. The second kappa shape index (κ2) is 9.98. The van der Waals surface area contributed by atoms with E-state index in [2.05, 4.69) is 19.2 Å². The average Bonchev–Trinajstić information content (AvgIpc) is 2.50. The van der Waals surface area contributed by atoms with Crippen LogP contribution in [0.5, 0.6) is 17.2 Å². The van der Waals surface area contributed by atoms with Gasteiger partial charge in [0.25, 0.3) is 5.91 Å². The SMILES string of the molecule is CCOc1cc(C(=O)NCCC(C)C)cc(OCC)c1OCC. The van der Waals surface area contributed by atoms with Crippen molar-refractivity contribution in [3.63, 3.8) is 0 Å². The van der Waals surface area contributed by atoms with Gasteiger partial charge in [0.15, 0.2) is 11.5 Å². The van der Waals surface area contributed by atoms with Crippen LogP contribution in [-0.2, 0) is 0 Å². The molecule has 0 saturated heterocycles. The van der Waals surface area contributed by atoms with Crippen molar-refractivity contribution in [2.45, 2.75) is 41.0 Å². The van der Waals surface area contributed by atoms with E-state index >= 15 is 0 Å². The highest BCUT2D eigenvalue weighted by molar-refractivity contribution is 5.95. The van der Waals surface area contributed by atoms with E-state index in [1.54, 1.807) is 12.1 Å². The number of amides is 1. The van der Waals surface area contributed by atoms with Gasteiger partial charge in [-0.05, 0) is 45.2 Å². The second-order valence-electron chi connectivity index (χ2n) is 5.54. The summed E-state index contributed by atoms with van der Waals surface area (Å²) in [5.74, 6) is 2.04. The molecule has 0 spiro atoms. The fraction of sp³-hybridized carbons (Fsp3) is 0.611. The lowest BCUT2D eigenvalue weighted by Crippen LogP contribution is -2.25. The largest absolute Gasteiger partial charge is 0.490 e. The molecular weight excluding hydrogens is 294 g/mol. The molecule has 0 aromatic heterocycles. The molecule has 1 aromatic carbocycles. The molecule has 1 amide bonds. The number of hydrogen-bond acceptors (Lipinski definition) is 4. The maximum Gasteiger partial charge on any atom is 0.251 e. The van der Waals surface area contributed by atoms with Crippen molar-refractivity contribution in [2.75, 3.05) is 26.4 Å². The van der Waals surface area contributed by atoms with Crippen LogP contribution in [-0.4, -0.2) is 32.3 Å². The van der Waals surface area contributed by atoms with Crippen molar-refractivity contribution in [3.8, 4) is 17.2 Å². The topological polar surface area (TPSA) is 56.8 Å². The van der Waals surface area contributed by atoms with Crippen molar-refractivity contribution in [1.29, 1.82) is 0 Å². The molecule has 0 radical (unpaired) electrons. The van der Waals surface area contributed by atoms with E-state index in [1.165, 1.54) is 0 Å². The maximum absolute atomic E-state index is 12.3. The third-order valence-electron chi connectivity index (χ3n) is 3.18. The lowest BCUT2D eigenvalue weighted by molar-refractivity contribution is 0.0951. The van der Waals surface area contributed by atoms with E-state index in [0.29, 0.717) is 55.1 Å². The molecule has 0 aliphatic rings. The second-order valence-corrected chi connectivity index (χ2v) is 5.54. The van der Waals surface area contributed by atoms with E-state index in [-0.39, 0.29) is 5.91 Å². The Morgan fingerprint density at radius 2 is 1.52 bits per heavy atom. The summed E-state index contributed by atoms with van der Waals surface area (Å²) in [5, 5.41) is 2.93. The van der Waals surface area contributed by atoms with Crippen LogP contribution in [0.4, 0.5) is 0 Å². The molecule has 1 aromatic rings. The van der Waals surface area contributed by atoms with Gasteiger partial charge in [-0.25, -0.2) is 0 Å². The van der Waals surface area contributed by atoms with E-state index in [0.717, 1.165) is 6.42 Å². The highest BCUT2D eigenvalue weighted by Gasteiger charge is 2.18. The predicted octanol–water partition coefficient (Wildman–Crippen LogP) is 3.66. The maximum atomic E-state index is 12.3. The minimum Gasteiger partial charge on any atom is -0.490 e. The molecule has 0 aliphatic heterocycles. The summed E-state index contributed by atoms with van der Waals surface area (Å²) < 4.78 is 16.9. The molecule has 0 unspecified atom stereocenters. The first kappa shape index (κ1) is 19.1. The van der Waals surface area contributed by atoms with Crippen molar-refractivity contribution < 1.29 is 19.0 Å². The molecule has 5 heteroatoms. The Bertz CT molecular complexity index is 473. The van der Waals surface area contributed by atoms with Gasteiger partial charge < -0.3 is 19.5 Å². The van der Waals surface area contributed by atoms with Gasteiger partial charge >= 0.3 is 0 Å². The summed E-state index contributed by atoms with van der Waals surface area (Å²) in [4.78, 5) is 12.3. The molecule has 1 rings (SSSR count). The Hall–Kier alpha value is -1.91. The van der Waals surface area contributed by atoms with E-state index in [4.69, 9.17) is 14.2 Å². The van der Waals surface area contributed by atoms with Crippen LogP contribution in [0.25, 0.3) is 0 Å². The van der Waals surface area contributed by atoms with Gasteiger partial charge in [0, 0.05) is 12.1 Å². The Morgan fingerprint density at radius 3 is 1.96 bits per heavy atom. The van der Waals surface area contributed by atoms with Gasteiger partial charge in [-0.3, -0.25) is 4.79 Å². The summed E-state index contributed by atoms with van der Waals surface area (Å²) in [5.41, 5.74) is 0.518. The highest BCUT2D eigenvalue weighted by Crippen LogP contribution is 2.39. The van der Waals surface area contributed by atoms with Crippen LogP contribution >= 0.6 is 0 Å². The first-order chi connectivity index (χ1) is 11.0. The smallest absolute Gasteiger partial charge is 0.251 e. The Balaban J connectivity index is 3.04. The fourth-order valence-electron chi connectivity index (χ4n) is 2.10. The molecule has 0 atom stereocenters. The van der Waals surface area contributed by atoms with Gasteiger partial charge in [0.2, 0.25) is 5.75 Å². The number of carbonyl (C=O) groups excluding carboxylic acids is 1. The summed E-state index contributed by atoms with van der Waals surface area (Å²) in [7, 11) is 0. The zero-order valence-corrected chi connectivity index (χ0v) is 14.9. The third-order valence-corrected chi connectivity index (χ3v) is 3.18. The molecule has 1 N–H and O–H groups in total. The summed E-state index contributed by atoms with van der Waals surface area (Å²) in [6, 6.07) is 3.42. The number of hydrogen-bond donors (Lipinski definition) is 1. The molecule has 0 fully saturated rings. The van der Waals surface area contributed by atoms with Gasteiger partial charge in [0.05, 0.1) is 19.8 Å². The minimum absolute atomic E-state index is 0.129. The molecule has 23 heavy (non-hydrogen) atoms. The number of benzene rings is 1. The van der Waals surface area contributed by atoms with Crippen molar-refractivity contribution >= 4 is 5.91 Å². The van der Waals surface area contributed by atoms with E-state index in [9.17, 15) is 4.79 Å². The van der Waals surface area contributed by atoms with Crippen LogP contribution in [0.15, 0.2) is 12.1 Å². The molecule has 0 saturated carbocycles. The monoisotopic (exact) mass is 323 g/mol. The van der Waals surface area contributed by atoms with E-state index in [1.807, 2.05) is 20.8 Å². The van der Waals surface area contributed by atoms with Gasteiger partial charge in [0.1, 0.15) is 0 Å². The Labute approximate surface area is 139 Å². The Morgan fingerprint density at radius 1 is 1.00 bits per heavy atom. The standard InChI is InChI=1S/C18H29NO4/c1-6-21-15-11-14(18(20)19-10-9-13(4)5)12-16(22-7-2)17(15)23-8-3/h11-13H,6-10H2,1-5H3,(H,19,20). The number of carbonyl (C=O) groups is 1. The fourth-order valence-corrected chi connectivity index (χ4v) is 2.10. The Kier molecular flexibility index (Phi) is 8.30. The third kappa shape index (κ3) is 6.00. The molecule has 0 bridgehead atoms. The zero-order chi connectivity index (χ0) is 17.2. The van der Waals surface area contributed by atoms with E-state index < -0.39 is 0 Å². The van der Waals surface area contributed by atoms with Crippen LogP contribution in [0, 0.1) is 5.92 Å². The molecule has 0 heterocycles.